The van der Waals surface area contributed by atoms with Gasteiger partial charge in [-0.05, 0) is 49.7 Å². The zero-order valence-corrected chi connectivity index (χ0v) is 22.0. The van der Waals surface area contributed by atoms with Crippen molar-refractivity contribution in [2.45, 2.75) is 37.8 Å². The molecule has 4 rings (SSSR count). The molecule has 39 heavy (non-hydrogen) atoms. The number of pyridine rings is 1. The minimum atomic E-state index is -1.73. The predicted octanol–water partition coefficient (Wildman–Crippen LogP) is 3.92. The summed E-state index contributed by atoms with van der Waals surface area (Å²) in [4.78, 5) is 21.6. The lowest BCUT2D eigenvalue weighted by atomic mass is 10.0. The van der Waals surface area contributed by atoms with E-state index in [1.807, 2.05) is 18.2 Å². The van der Waals surface area contributed by atoms with E-state index in [-0.39, 0.29) is 11.3 Å². The van der Waals surface area contributed by atoms with E-state index in [1.165, 1.54) is 55.6 Å². The normalized spacial score (nSPS) is 14.0. The van der Waals surface area contributed by atoms with Crippen LogP contribution in [0.1, 0.15) is 35.8 Å². The molecular formula is C27H29F2N5O4S. The number of halogens is 2. The molecule has 9 nitrogen and oxygen atoms in total. The summed E-state index contributed by atoms with van der Waals surface area (Å²) in [5.41, 5.74) is 2.16. The minimum absolute atomic E-state index is 0.00736. The number of carbonyl (C=O) groups excluding carboxylic acids is 1. The fourth-order valence-electron chi connectivity index (χ4n) is 3.81. The van der Waals surface area contributed by atoms with Gasteiger partial charge in [-0.2, -0.15) is 0 Å². The van der Waals surface area contributed by atoms with E-state index in [9.17, 15) is 28.9 Å². The second kappa shape index (κ2) is 12.0. The van der Waals surface area contributed by atoms with Crippen LogP contribution in [0.2, 0.25) is 0 Å². The van der Waals surface area contributed by atoms with E-state index in [0.29, 0.717) is 17.1 Å². The van der Waals surface area contributed by atoms with Gasteiger partial charge in [0, 0.05) is 18.0 Å². The summed E-state index contributed by atoms with van der Waals surface area (Å²) >= 11 is 1.48. The van der Waals surface area contributed by atoms with Crippen molar-refractivity contribution < 1.29 is 28.9 Å². The summed E-state index contributed by atoms with van der Waals surface area (Å²) in [6, 6.07) is 11.6. The minimum Gasteiger partial charge on any atom is -0.394 e. The van der Waals surface area contributed by atoms with Crippen LogP contribution in [0.5, 0.6) is 0 Å². The van der Waals surface area contributed by atoms with Gasteiger partial charge in [0.25, 0.3) is 5.91 Å². The number of aliphatic hydroxyl groups is 3. The molecule has 3 unspecified atom stereocenters. The molecule has 0 radical (unpaired) electrons. The van der Waals surface area contributed by atoms with Crippen LogP contribution in [0.3, 0.4) is 0 Å². The Bertz CT molecular complexity index is 1450. The quantitative estimate of drug-likeness (QED) is 0.163. The lowest BCUT2D eigenvalue weighted by Gasteiger charge is -2.26. The Morgan fingerprint density at radius 1 is 1.15 bits per heavy atom. The predicted molar refractivity (Wildman–Crippen MR) is 147 cm³/mol. The largest absolute Gasteiger partial charge is 0.394 e. The molecule has 206 valence electrons. The zero-order chi connectivity index (χ0) is 28.2. The number of benzene rings is 2. The van der Waals surface area contributed by atoms with Gasteiger partial charge >= 0.3 is 0 Å². The number of thiazole rings is 1. The number of carbonyl (C=O) groups is 1. The molecule has 0 fully saturated rings. The third-order valence-corrected chi connectivity index (χ3v) is 6.84. The first kappa shape index (κ1) is 28.3. The molecule has 2 aromatic carbocycles. The Hall–Kier alpha value is -3.71. The molecule has 2 aromatic heterocycles. The molecule has 0 saturated heterocycles. The van der Waals surface area contributed by atoms with E-state index >= 15 is 0 Å². The molecule has 0 bridgehead atoms. The van der Waals surface area contributed by atoms with Gasteiger partial charge in [0.2, 0.25) is 0 Å². The van der Waals surface area contributed by atoms with Gasteiger partial charge in [-0.1, -0.05) is 12.1 Å². The molecule has 12 heteroatoms. The first-order valence-electron chi connectivity index (χ1n) is 12.1. The van der Waals surface area contributed by atoms with Crippen LogP contribution in [0.15, 0.2) is 60.2 Å². The Morgan fingerprint density at radius 2 is 1.95 bits per heavy atom. The molecule has 0 spiro atoms. The SMILES string of the molecule is CC(C)(O)C(F)CNC(=O)c1cnc(Nc2ccc3ncsc3c2)cc1NC(c1cccc(F)c1)C(O)CO. The van der Waals surface area contributed by atoms with Gasteiger partial charge in [-0.25, -0.2) is 18.7 Å². The number of anilines is 3. The van der Waals surface area contributed by atoms with Crippen molar-refractivity contribution in [3.63, 3.8) is 0 Å². The number of alkyl halides is 1. The summed E-state index contributed by atoms with van der Waals surface area (Å²) in [7, 11) is 0. The molecular weight excluding hydrogens is 528 g/mol. The number of hydrogen-bond donors (Lipinski definition) is 6. The van der Waals surface area contributed by atoms with Crippen molar-refractivity contribution in [2.24, 2.45) is 0 Å². The Balaban J connectivity index is 1.68. The number of amides is 1. The van der Waals surface area contributed by atoms with Crippen molar-refractivity contribution in [3.8, 4) is 0 Å². The average Bonchev–Trinajstić information content (AvgIpc) is 3.37. The van der Waals surface area contributed by atoms with Crippen LogP contribution >= 0.6 is 11.3 Å². The number of rotatable bonds is 11. The Morgan fingerprint density at radius 3 is 2.67 bits per heavy atom. The molecule has 4 aromatic rings. The molecule has 6 N–H and O–H groups in total. The van der Waals surface area contributed by atoms with E-state index in [4.69, 9.17) is 0 Å². The number of nitrogens with one attached hydrogen (secondary N) is 3. The van der Waals surface area contributed by atoms with Gasteiger partial charge in [-0.3, -0.25) is 4.79 Å². The second-order valence-electron chi connectivity index (χ2n) is 9.53. The van der Waals surface area contributed by atoms with Gasteiger partial charge in [-0.15, -0.1) is 11.3 Å². The van der Waals surface area contributed by atoms with Crippen LogP contribution in [0.4, 0.5) is 26.0 Å². The summed E-state index contributed by atoms with van der Waals surface area (Å²) < 4.78 is 29.2. The highest BCUT2D eigenvalue weighted by atomic mass is 32.1. The highest BCUT2D eigenvalue weighted by Crippen LogP contribution is 2.30. The van der Waals surface area contributed by atoms with E-state index in [1.54, 1.807) is 11.6 Å². The summed E-state index contributed by atoms with van der Waals surface area (Å²) in [6.07, 6.45) is -1.81. The second-order valence-corrected chi connectivity index (χ2v) is 10.4. The number of aliphatic hydroxyl groups excluding tert-OH is 2. The molecule has 0 aliphatic carbocycles. The first-order chi connectivity index (χ1) is 18.5. The molecule has 2 heterocycles. The highest BCUT2D eigenvalue weighted by Gasteiger charge is 2.28. The molecule has 0 saturated carbocycles. The van der Waals surface area contributed by atoms with Crippen molar-refractivity contribution in [2.75, 3.05) is 23.8 Å². The summed E-state index contributed by atoms with van der Waals surface area (Å²) in [5.74, 6) is -0.890. The maximum absolute atomic E-state index is 14.3. The molecule has 1 amide bonds. The maximum Gasteiger partial charge on any atom is 0.255 e. The van der Waals surface area contributed by atoms with Crippen molar-refractivity contribution in [1.82, 2.24) is 15.3 Å². The standard InChI is InChI=1S/C27H29F2N5O4S/c1-27(2,38)23(29)12-31-26(37)18-11-30-24(33-17-6-7-19-22(9-17)39-14-32-19)10-20(18)34-25(21(36)13-35)15-4-3-5-16(28)8-15/h3-11,14,21,23,25,35-36,38H,12-13H2,1-2H3,(H,31,37)(H2,30,33,34). The fourth-order valence-corrected chi connectivity index (χ4v) is 4.52. The number of hydrogen-bond acceptors (Lipinski definition) is 9. The van der Waals surface area contributed by atoms with Gasteiger partial charge in [0.05, 0.1) is 51.8 Å². The summed E-state index contributed by atoms with van der Waals surface area (Å²) in [5, 5.41) is 38.7. The number of nitrogens with zero attached hydrogens (tertiary/aromatic N) is 2. The third-order valence-electron chi connectivity index (χ3n) is 6.05. The van der Waals surface area contributed by atoms with Crippen molar-refractivity contribution >= 4 is 44.7 Å². The number of fused-ring (bicyclic) bond motifs is 1. The van der Waals surface area contributed by atoms with Gasteiger partial charge < -0.3 is 31.3 Å². The van der Waals surface area contributed by atoms with Crippen LogP contribution in [-0.4, -0.2) is 62.2 Å². The monoisotopic (exact) mass is 557 g/mol. The first-order valence-corrected chi connectivity index (χ1v) is 13.0. The molecule has 0 aliphatic heterocycles. The number of aromatic nitrogens is 2. The topological polar surface area (TPSA) is 140 Å². The lowest BCUT2D eigenvalue weighted by Crippen LogP contribution is -2.42. The highest BCUT2D eigenvalue weighted by molar-refractivity contribution is 7.16. The van der Waals surface area contributed by atoms with E-state index < -0.39 is 48.8 Å². The Labute approximate surface area is 227 Å². The third kappa shape index (κ3) is 7.03. The maximum atomic E-state index is 14.3. The van der Waals surface area contributed by atoms with Crippen LogP contribution < -0.4 is 16.0 Å². The van der Waals surface area contributed by atoms with Crippen LogP contribution in [-0.2, 0) is 0 Å². The molecule has 0 aliphatic rings. The zero-order valence-electron chi connectivity index (χ0n) is 21.2. The fraction of sp³-hybridized carbons (Fsp3) is 0.296. The van der Waals surface area contributed by atoms with Gasteiger partial charge in [0.15, 0.2) is 0 Å². The van der Waals surface area contributed by atoms with Crippen LogP contribution in [0, 0.1) is 5.82 Å². The van der Waals surface area contributed by atoms with Gasteiger partial charge in [0.1, 0.15) is 23.9 Å². The Kier molecular flexibility index (Phi) is 8.70. The van der Waals surface area contributed by atoms with Crippen molar-refractivity contribution in [3.05, 3.63) is 77.2 Å². The lowest BCUT2D eigenvalue weighted by molar-refractivity contribution is -0.00177. The molecule has 3 atom stereocenters. The smallest absolute Gasteiger partial charge is 0.255 e. The van der Waals surface area contributed by atoms with E-state index in [2.05, 4.69) is 25.9 Å². The summed E-state index contributed by atoms with van der Waals surface area (Å²) in [6.45, 7) is 1.49. The van der Waals surface area contributed by atoms with Crippen LogP contribution in [0.25, 0.3) is 10.2 Å². The average molecular weight is 558 g/mol. The van der Waals surface area contributed by atoms with Crippen molar-refractivity contribution in [1.29, 1.82) is 0 Å². The van der Waals surface area contributed by atoms with E-state index in [0.717, 1.165) is 10.2 Å².